The highest BCUT2D eigenvalue weighted by Crippen LogP contribution is 2.33. The van der Waals surface area contributed by atoms with Gasteiger partial charge in [-0.1, -0.05) is 13.8 Å². The molecule has 2 aromatic heterocycles. The Labute approximate surface area is 146 Å². The smallest absolute Gasteiger partial charge is 0.285 e. The Morgan fingerprint density at radius 1 is 1.12 bits per heavy atom. The average molecular weight is 343 g/mol. The molecule has 0 aliphatic heterocycles. The van der Waals surface area contributed by atoms with Gasteiger partial charge in [0, 0.05) is 5.56 Å². The Hall–Kier alpha value is -2.83. The zero-order chi connectivity index (χ0) is 17.8. The maximum Gasteiger partial charge on any atom is 0.285 e. The maximum absolute atomic E-state index is 5.79. The minimum Gasteiger partial charge on any atom is -0.493 e. The molecule has 0 amide bonds. The molecule has 132 valence electrons. The van der Waals surface area contributed by atoms with Gasteiger partial charge in [0.15, 0.2) is 17.9 Å². The first kappa shape index (κ1) is 17.0. The molecule has 0 bridgehead atoms. The highest BCUT2D eigenvalue weighted by molar-refractivity contribution is 5.61. The predicted molar refractivity (Wildman–Crippen MR) is 91.5 cm³/mol. The van der Waals surface area contributed by atoms with Crippen molar-refractivity contribution < 1.29 is 18.3 Å². The van der Waals surface area contributed by atoms with Gasteiger partial charge < -0.3 is 18.3 Å². The second-order valence-corrected chi connectivity index (χ2v) is 6.08. The average Bonchev–Trinajstić information content (AvgIpc) is 3.23. The van der Waals surface area contributed by atoms with E-state index in [9.17, 15) is 0 Å². The third kappa shape index (κ3) is 3.81. The fraction of sp³-hybridized carbons (Fsp3) is 0.389. The topological polar surface area (TPSA) is 83.4 Å². The van der Waals surface area contributed by atoms with Crippen LogP contribution in [0.3, 0.4) is 0 Å². The number of aryl methyl sites for hydroxylation is 1. The molecule has 7 nitrogen and oxygen atoms in total. The molecule has 0 atom stereocenters. The van der Waals surface area contributed by atoms with Crippen LogP contribution >= 0.6 is 0 Å². The van der Waals surface area contributed by atoms with Crippen LogP contribution in [0, 0.1) is 12.8 Å². The summed E-state index contributed by atoms with van der Waals surface area (Å²) < 4.78 is 22.2. The minimum absolute atomic E-state index is 0.293. The lowest BCUT2D eigenvalue weighted by molar-refractivity contribution is 0.273. The second-order valence-electron chi connectivity index (χ2n) is 6.08. The van der Waals surface area contributed by atoms with E-state index in [-0.39, 0.29) is 0 Å². The van der Waals surface area contributed by atoms with Gasteiger partial charge in [-0.05, 0) is 37.5 Å². The summed E-state index contributed by atoms with van der Waals surface area (Å²) in [5.74, 6) is 3.04. The molecule has 0 unspecified atom stereocenters. The molecule has 1 aromatic carbocycles. The monoisotopic (exact) mass is 343 g/mol. The van der Waals surface area contributed by atoms with Crippen LogP contribution in [0.1, 0.15) is 26.0 Å². The van der Waals surface area contributed by atoms with E-state index in [1.165, 1.54) is 6.39 Å². The molecular formula is C18H21N3O4. The lowest BCUT2D eigenvalue weighted by atomic mass is 10.1. The van der Waals surface area contributed by atoms with E-state index in [4.69, 9.17) is 18.3 Å². The van der Waals surface area contributed by atoms with Crippen LogP contribution in [-0.4, -0.2) is 28.9 Å². The van der Waals surface area contributed by atoms with E-state index >= 15 is 0 Å². The molecule has 0 saturated carbocycles. The van der Waals surface area contributed by atoms with Gasteiger partial charge in [-0.3, -0.25) is 0 Å². The lowest BCUT2D eigenvalue weighted by Crippen LogP contribution is -2.02. The SMILES string of the molecule is COc1cc(-c2nnc(-c3ocnc3C)o2)ccc1OCCC(C)C. The third-order valence-corrected chi connectivity index (χ3v) is 3.73. The number of ether oxygens (including phenoxy) is 2. The molecule has 7 heteroatoms. The summed E-state index contributed by atoms with van der Waals surface area (Å²) in [5.41, 5.74) is 1.44. The minimum atomic E-state index is 0.293. The van der Waals surface area contributed by atoms with Gasteiger partial charge in [-0.2, -0.15) is 0 Å². The van der Waals surface area contributed by atoms with Crippen LogP contribution in [0.5, 0.6) is 11.5 Å². The number of rotatable bonds is 7. The van der Waals surface area contributed by atoms with E-state index < -0.39 is 0 Å². The number of nitrogens with zero attached hydrogens (tertiary/aromatic N) is 3. The molecule has 0 radical (unpaired) electrons. The zero-order valence-corrected chi connectivity index (χ0v) is 14.8. The zero-order valence-electron chi connectivity index (χ0n) is 14.8. The molecule has 0 aliphatic rings. The fourth-order valence-electron chi connectivity index (χ4n) is 2.26. The summed E-state index contributed by atoms with van der Waals surface area (Å²) in [7, 11) is 1.60. The molecule has 3 aromatic rings. The molecular weight excluding hydrogens is 322 g/mol. The summed E-state index contributed by atoms with van der Waals surface area (Å²) in [5, 5.41) is 8.09. The normalized spacial score (nSPS) is 11.1. The van der Waals surface area contributed by atoms with E-state index in [2.05, 4.69) is 29.0 Å². The number of aromatic nitrogens is 3. The van der Waals surface area contributed by atoms with E-state index in [0.717, 1.165) is 12.0 Å². The summed E-state index contributed by atoms with van der Waals surface area (Å²) in [4.78, 5) is 4.02. The van der Waals surface area contributed by atoms with Gasteiger partial charge in [0.25, 0.3) is 5.89 Å². The van der Waals surface area contributed by atoms with Crippen molar-refractivity contribution >= 4 is 0 Å². The molecule has 0 saturated heterocycles. The van der Waals surface area contributed by atoms with Crippen molar-refractivity contribution in [1.29, 1.82) is 0 Å². The van der Waals surface area contributed by atoms with Gasteiger partial charge in [-0.25, -0.2) is 4.98 Å². The van der Waals surface area contributed by atoms with Crippen LogP contribution in [0.15, 0.2) is 33.4 Å². The Balaban J connectivity index is 1.81. The molecule has 0 spiro atoms. The third-order valence-electron chi connectivity index (χ3n) is 3.73. The largest absolute Gasteiger partial charge is 0.493 e. The lowest BCUT2D eigenvalue weighted by Gasteiger charge is -2.12. The van der Waals surface area contributed by atoms with E-state index in [1.54, 1.807) is 7.11 Å². The first-order valence-corrected chi connectivity index (χ1v) is 8.13. The Morgan fingerprint density at radius 3 is 2.60 bits per heavy atom. The van der Waals surface area contributed by atoms with Crippen molar-refractivity contribution in [2.24, 2.45) is 5.92 Å². The molecule has 0 aliphatic carbocycles. The van der Waals surface area contributed by atoms with E-state index in [0.29, 0.717) is 47.3 Å². The number of hydrogen-bond acceptors (Lipinski definition) is 7. The first-order valence-electron chi connectivity index (χ1n) is 8.13. The Morgan fingerprint density at radius 2 is 1.92 bits per heavy atom. The fourth-order valence-corrected chi connectivity index (χ4v) is 2.26. The van der Waals surface area contributed by atoms with Crippen molar-refractivity contribution in [1.82, 2.24) is 15.2 Å². The molecule has 25 heavy (non-hydrogen) atoms. The Kier molecular flexibility index (Phi) is 5.02. The number of hydrogen-bond donors (Lipinski definition) is 0. The highest BCUT2D eigenvalue weighted by Gasteiger charge is 2.17. The van der Waals surface area contributed by atoms with Gasteiger partial charge in [-0.15, -0.1) is 10.2 Å². The number of oxazole rings is 1. The number of methoxy groups -OCH3 is 1. The van der Waals surface area contributed by atoms with E-state index in [1.807, 2.05) is 25.1 Å². The van der Waals surface area contributed by atoms with Gasteiger partial charge in [0.05, 0.1) is 19.4 Å². The quantitative estimate of drug-likeness (QED) is 0.637. The molecule has 0 fully saturated rings. The first-order chi connectivity index (χ1) is 12.1. The molecule has 3 rings (SSSR count). The van der Waals surface area contributed by atoms with Crippen LogP contribution in [-0.2, 0) is 0 Å². The highest BCUT2D eigenvalue weighted by atomic mass is 16.5. The van der Waals surface area contributed by atoms with Crippen molar-refractivity contribution in [3.63, 3.8) is 0 Å². The summed E-state index contributed by atoms with van der Waals surface area (Å²) in [6.07, 6.45) is 2.33. The van der Waals surface area contributed by atoms with Crippen LogP contribution in [0.25, 0.3) is 23.1 Å². The summed E-state index contributed by atoms with van der Waals surface area (Å²) >= 11 is 0. The molecule has 2 heterocycles. The van der Waals surface area contributed by atoms with Crippen molar-refractivity contribution in [2.45, 2.75) is 27.2 Å². The second kappa shape index (κ2) is 7.38. The van der Waals surface area contributed by atoms with Crippen LogP contribution in [0.2, 0.25) is 0 Å². The van der Waals surface area contributed by atoms with Crippen LogP contribution < -0.4 is 9.47 Å². The van der Waals surface area contributed by atoms with Crippen molar-refractivity contribution in [2.75, 3.05) is 13.7 Å². The summed E-state index contributed by atoms with van der Waals surface area (Å²) in [6.45, 7) is 6.78. The molecule has 0 N–H and O–H groups in total. The predicted octanol–water partition coefficient (Wildman–Crippen LogP) is 4.13. The number of benzene rings is 1. The summed E-state index contributed by atoms with van der Waals surface area (Å²) in [6, 6.07) is 5.52. The Bertz CT molecular complexity index is 838. The standard InChI is InChI=1S/C18H21N3O4/c1-11(2)7-8-23-14-6-5-13(9-15(14)22-4)17-20-21-18(25-17)16-12(3)19-10-24-16/h5-6,9-11H,7-8H2,1-4H3. The van der Waals surface area contributed by atoms with Gasteiger partial charge in [0.2, 0.25) is 11.7 Å². The van der Waals surface area contributed by atoms with Crippen molar-refractivity contribution in [3.8, 4) is 34.6 Å². The van der Waals surface area contributed by atoms with Gasteiger partial charge in [0.1, 0.15) is 0 Å². The maximum atomic E-state index is 5.79. The van der Waals surface area contributed by atoms with Crippen LogP contribution in [0.4, 0.5) is 0 Å². The van der Waals surface area contributed by atoms with Crippen molar-refractivity contribution in [3.05, 3.63) is 30.3 Å². The van der Waals surface area contributed by atoms with Gasteiger partial charge >= 0.3 is 0 Å².